The molecule has 0 radical (unpaired) electrons. The standard InChI is InChI=1S/C9H15N3O2/c1-7(13)6-12-9(14)11-5-3-2-4-8(11)10-12/h7,13H,2-6H2,1H3. The third-order valence-corrected chi connectivity index (χ3v) is 2.47. The molecule has 0 aromatic carbocycles. The van der Waals surface area contributed by atoms with Crippen molar-refractivity contribution in [1.29, 1.82) is 0 Å². The lowest BCUT2D eigenvalue weighted by Gasteiger charge is -2.09. The van der Waals surface area contributed by atoms with Crippen molar-refractivity contribution in [3.05, 3.63) is 16.3 Å². The van der Waals surface area contributed by atoms with Crippen LogP contribution in [0.4, 0.5) is 0 Å². The molecule has 1 aromatic rings. The summed E-state index contributed by atoms with van der Waals surface area (Å²) in [6.07, 6.45) is 2.50. The molecule has 0 bridgehead atoms. The lowest BCUT2D eigenvalue weighted by Crippen LogP contribution is -2.29. The van der Waals surface area contributed by atoms with Crippen LogP contribution in [0.1, 0.15) is 25.6 Å². The van der Waals surface area contributed by atoms with Crippen molar-refractivity contribution >= 4 is 0 Å². The number of aromatic nitrogens is 3. The third kappa shape index (κ3) is 1.59. The molecule has 1 aliphatic rings. The third-order valence-electron chi connectivity index (χ3n) is 2.47. The molecule has 0 amide bonds. The van der Waals surface area contributed by atoms with Crippen LogP contribution in [0.3, 0.4) is 0 Å². The average Bonchev–Trinajstić information content (AvgIpc) is 2.44. The van der Waals surface area contributed by atoms with Crippen LogP contribution in [0.5, 0.6) is 0 Å². The predicted octanol–water partition coefficient (Wildman–Crippen LogP) is -0.238. The quantitative estimate of drug-likeness (QED) is 0.712. The van der Waals surface area contributed by atoms with Gasteiger partial charge >= 0.3 is 5.69 Å². The molecule has 0 aliphatic carbocycles. The van der Waals surface area contributed by atoms with E-state index in [-0.39, 0.29) is 5.69 Å². The first-order valence-electron chi connectivity index (χ1n) is 5.03. The molecule has 1 atom stereocenters. The number of hydrogen-bond acceptors (Lipinski definition) is 3. The highest BCUT2D eigenvalue weighted by molar-refractivity contribution is 4.91. The molecule has 1 unspecified atom stereocenters. The Morgan fingerprint density at radius 1 is 1.57 bits per heavy atom. The van der Waals surface area contributed by atoms with Gasteiger partial charge in [-0.25, -0.2) is 9.48 Å². The maximum absolute atomic E-state index is 11.7. The van der Waals surface area contributed by atoms with Crippen molar-refractivity contribution in [2.24, 2.45) is 0 Å². The summed E-state index contributed by atoms with van der Waals surface area (Å²) in [4.78, 5) is 11.7. The molecule has 1 N–H and O–H groups in total. The largest absolute Gasteiger partial charge is 0.391 e. The zero-order valence-corrected chi connectivity index (χ0v) is 8.31. The van der Waals surface area contributed by atoms with Gasteiger partial charge in [0.25, 0.3) is 0 Å². The number of aliphatic hydroxyl groups excluding tert-OH is 1. The zero-order chi connectivity index (χ0) is 10.1. The van der Waals surface area contributed by atoms with Crippen LogP contribution in [0.15, 0.2) is 4.79 Å². The number of hydrogen-bond donors (Lipinski definition) is 1. The molecule has 5 heteroatoms. The average molecular weight is 197 g/mol. The number of aliphatic hydroxyl groups is 1. The van der Waals surface area contributed by atoms with Gasteiger partial charge in [-0.1, -0.05) is 0 Å². The van der Waals surface area contributed by atoms with Crippen LogP contribution < -0.4 is 5.69 Å². The fraction of sp³-hybridized carbons (Fsp3) is 0.778. The van der Waals surface area contributed by atoms with Crippen LogP contribution in [0, 0.1) is 0 Å². The second-order valence-electron chi connectivity index (χ2n) is 3.84. The Labute approximate surface area is 82.0 Å². The molecule has 0 saturated carbocycles. The molecule has 2 heterocycles. The Hall–Kier alpha value is -1.10. The molecule has 14 heavy (non-hydrogen) atoms. The van der Waals surface area contributed by atoms with Gasteiger partial charge in [-0.3, -0.25) is 4.57 Å². The monoisotopic (exact) mass is 197 g/mol. The number of rotatable bonds is 2. The number of nitrogens with zero attached hydrogens (tertiary/aromatic N) is 3. The van der Waals surface area contributed by atoms with E-state index in [1.807, 2.05) is 0 Å². The van der Waals surface area contributed by atoms with Crippen molar-refractivity contribution in [1.82, 2.24) is 14.3 Å². The van der Waals surface area contributed by atoms with E-state index in [1.165, 1.54) is 4.68 Å². The smallest absolute Gasteiger partial charge is 0.346 e. The number of fused-ring (bicyclic) bond motifs is 1. The molecular weight excluding hydrogens is 182 g/mol. The molecule has 5 nitrogen and oxygen atoms in total. The molecule has 0 saturated heterocycles. The van der Waals surface area contributed by atoms with Gasteiger partial charge in [0.1, 0.15) is 5.82 Å². The van der Waals surface area contributed by atoms with E-state index in [0.29, 0.717) is 6.54 Å². The van der Waals surface area contributed by atoms with Crippen molar-refractivity contribution < 1.29 is 5.11 Å². The van der Waals surface area contributed by atoms with E-state index < -0.39 is 6.10 Å². The molecular formula is C9H15N3O2. The van der Waals surface area contributed by atoms with Gasteiger partial charge in [0.2, 0.25) is 0 Å². The van der Waals surface area contributed by atoms with Gasteiger partial charge in [0.15, 0.2) is 0 Å². The summed E-state index contributed by atoms with van der Waals surface area (Å²) in [6.45, 7) is 2.72. The summed E-state index contributed by atoms with van der Waals surface area (Å²) in [7, 11) is 0. The van der Waals surface area contributed by atoms with Crippen LogP contribution in [0.2, 0.25) is 0 Å². The van der Waals surface area contributed by atoms with E-state index in [4.69, 9.17) is 0 Å². The molecule has 2 rings (SSSR count). The van der Waals surface area contributed by atoms with Gasteiger partial charge in [-0.2, -0.15) is 5.10 Å². The minimum Gasteiger partial charge on any atom is -0.391 e. The maximum atomic E-state index is 11.7. The fourth-order valence-corrected chi connectivity index (χ4v) is 1.82. The van der Waals surface area contributed by atoms with Crippen LogP contribution in [-0.2, 0) is 19.5 Å². The van der Waals surface area contributed by atoms with Crippen LogP contribution in [0.25, 0.3) is 0 Å². The lowest BCUT2D eigenvalue weighted by molar-refractivity contribution is 0.166. The van der Waals surface area contributed by atoms with E-state index in [1.54, 1.807) is 11.5 Å². The first kappa shape index (κ1) is 9.45. The highest BCUT2D eigenvalue weighted by Crippen LogP contribution is 2.09. The summed E-state index contributed by atoms with van der Waals surface area (Å²) in [6, 6.07) is 0. The van der Waals surface area contributed by atoms with Gasteiger partial charge < -0.3 is 5.11 Å². The Balaban J connectivity index is 2.34. The second-order valence-corrected chi connectivity index (χ2v) is 3.84. The van der Waals surface area contributed by atoms with Gasteiger partial charge in [-0.15, -0.1) is 0 Å². The summed E-state index contributed by atoms with van der Waals surface area (Å²) in [5, 5.41) is 13.4. The van der Waals surface area contributed by atoms with Crippen molar-refractivity contribution in [3.63, 3.8) is 0 Å². The Kier molecular flexibility index (Phi) is 2.41. The van der Waals surface area contributed by atoms with Crippen molar-refractivity contribution in [2.75, 3.05) is 0 Å². The molecule has 1 aromatic heterocycles. The minimum absolute atomic E-state index is 0.0828. The second kappa shape index (κ2) is 3.57. The van der Waals surface area contributed by atoms with Crippen molar-refractivity contribution in [3.8, 4) is 0 Å². The Bertz CT molecular complexity index is 378. The highest BCUT2D eigenvalue weighted by Gasteiger charge is 2.16. The Morgan fingerprint density at radius 3 is 3.00 bits per heavy atom. The predicted molar refractivity (Wildman–Crippen MR) is 51.1 cm³/mol. The summed E-state index contributed by atoms with van der Waals surface area (Å²) in [5.74, 6) is 0.863. The summed E-state index contributed by atoms with van der Waals surface area (Å²) in [5.41, 5.74) is -0.0828. The lowest BCUT2D eigenvalue weighted by atomic mass is 10.2. The minimum atomic E-state index is -0.523. The molecule has 1 aliphatic heterocycles. The summed E-state index contributed by atoms with van der Waals surface area (Å²) < 4.78 is 3.08. The fourth-order valence-electron chi connectivity index (χ4n) is 1.82. The van der Waals surface area contributed by atoms with Crippen LogP contribution >= 0.6 is 0 Å². The van der Waals surface area contributed by atoms with Gasteiger partial charge in [0.05, 0.1) is 12.6 Å². The topological polar surface area (TPSA) is 60.0 Å². The van der Waals surface area contributed by atoms with E-state index in [2.05, 4.69) is 5.10 Å². The molecule has 0 fully saturated rings. The van der Waals surface area contributed by atoms with E-state index in [9.17, 15) is 9.90 Å². The molecule has 0 spiro atoms. The molecule has 78 valence electrons. The SMILES string of the molecule is CC(O)Cn1nc2n(c1=O)CCCC2. The summed E-state index contributed by atoms with van der Waals surface area (Å²) >= 11 is 0. The van der Waals surface area contributed by atoms with Gasteiger partial charge in [-0.05, 0) is 19.8 Å². The van der Waals surface area contributed by atoms with E-state index >= 15 is 0 Å². The first-order chi connectivity index (χ1) is 6.68. The van der Waals surface area contributed by atoms with E-state index in [0.717, 1.165) is 31.6 Å². The maximum Gasteiger partial charge on any atom is 0.346 e. The van der Waals surface area contributed by atoms with Crippen LogP contribution in [-0.4, -0.2) is 25.6 Å². The zero-order valence-electron chi connectivity index (χ0n) is 8.31. The normalized spacial score (nSPS) is 17.9. The highest BCUT2D eigenvalue weighted by atomic mass is 16.3. The van der Waals surface area contributed by atoms with Gasteiger partial charge in [0, 0.05) is 13.0 Å². The number of aryl methyl sites for hydroxylation is 1. The first-order valence-corrected chi connectivity index (χ1v) is 5.03. The van der Waals surface area contributed by atoms with Crippen molar-refractivity contribution in [2.45, 2.75) is 45.4 Å². The Morgan fingerprint density at radius 2 is 2.36 bits per heavy atom.